The highest BCUT2D eigenvalue weighted by Gasteiger charge is 2.27. The molecule has 0 amide bonds. The van der Waals surface area contributed by atoms with E-state index in [1.165, 1.54) is 6.07 Å². The molecule has 0 saturated carbocycles. The Morgan fingerprint density at radius 1 is 1.35 bits per heavy atom. The number of nitrogen functional groups attached to an aromatic ring is 1. The maximum atomic E-state index is 13.9. The topological polar surface area (TPSA) is 55.0 Å². The Morgan fingerprint density at radius 2 is 2.15 bits per heavy atom. The van der Waals surface area contributed by atoms with Crippen molar-refractivity contribution in [3.05, 3.63) is 47.4 Å². The summed E-state index contributed by atoms with van der Waals surface area (Å²) >= 11 is 0. The maximum Gasteiger partial charge on any atom is 0.221 e. The molecule has 0 unspecified atom stereocenters. The van der Waals surface area contributed by atoms with E-state index in [4.69, 9.17) is 5.73 Å². The summed E-state index contributed by atoms with van der Waals surface area (Å²) < 4.78 is 13.9. The van der Waals surface area contributed by atoms with Gasteiger partial charge in [-0.1, -0.05) is 18.2 Å². The molecule has 4 nitrogen and oxygen atoms in total. The molecule has 0 spiro atoms. The number of hydrogen-bond acceptors (Lipinski definition) is 4. The third-order valence-corrected chi connectivity index (χ3v) is 3.80. The van der Waals surface area contributed by atoms with E-state index in [1.54, 1.807) is 12.3 Å². The second-order valence-corrected chi connectivity index (χ2v) is 5.19. The number of hydrogen-bond donors (Lipinski definition) is 1. The second kappa shape index (κ2) is 5.07. The van der Waals surface area contributed by atoms with Crippen LogP contribution >= 0.6 is 0 Å². The van der Waals surface area contributed by atoms with Crippen molar-refractivity contribution in [2.24, 2.45) is 0 Å². The van der Waals surface area contributed by atoms with Crippen LogP contribution in [0.1, 0.15) is 23.5 Å². The molecule has 1 aliphatic rings. The fraction of sp³-hybridized carbons (Fsp3) is 0.333. The van der Waals surface area contributed by atoms with Gasteiger partial charge in [-0.2, -0.15) is 4.98 Å². The number of nitrogens with two attached hydrogens (primary N) is 1. The summed E-state index contributed by atoms with van der Waals surface area (Å²) in [5, 5.41) is 0. The Balaban J connectivity index is 1.83. The van der Waals surface area contributed by atoms with Crippen LogP contribution in [0.4, 0.5) is 16.2 Å². The molecule has 0 radical (unpaired) electrons. The van der Waals surface area contributed by atoms with Gasteiger partial charge in [0, 0.05) is 30.8 Å². The third-order valence-electron chi connectivity index (χ3n) is 3.80. The van der Waals surface area contributed by atoms with Crippen LogP contribution in [0.15, 0.2) is 30.5 Å². The first kappa shape index (κ1) is 12.8. The lowest BCUT2D eigenvalue weighted by atomic mass is 9.98. The summed E-state index contributed by atoms with van der Waals surface area (Å²) in [5.74, 6) is 1.21. The molecule has 2 heterocycles. The van der Waals surface area contributed by atoms with E-state index in [0.29, 0.717) is 0 Å². The lowest BCUT2D eigenvalue weighted by Crippen LogP contribution is -2.22. The van der Waals surface area contributed by atoms with Crippen LogP contribution in [0, 0.1) is 12.7 Å². The lowest BCUT2D eigenvalue weighted by Gasteiger charge is -2.19. The first-order chi connectivity index (χ1) is 9.65. The molecule has 1 aliphatic heterocycles. The monoisotopic (exact) mass is 272 g/mol. The minimum Gasteiger partial charge on any atom is -0.368 e. The van der Waals surface area contributed by atoms with Gasteiger partial charge in [0.05, 0.1) is 0 Å². The van der Waals surface area contributed by atoms with Crippen LogP contribution in [0.2, 0.25) is 0 Å². The smallest absolute Gasteiger partial charge is 0.221 e. The molecular weight excluding hydrogens is 255 g/mol. The standard InChI is InChI=1S/C15H17FN4/c1-10-8-18-15(17)19-14(10)20-7-6-11(9-20)12-4-2-3-5-13(12)16/h2-5,8,11H,6-7,9H2,1H3,(H2,17,18,19)/t11-/m0/s1. The van der Waals surface area contributed by atoms with Crippen LogP contribution < -0.4 is 10.6 Å². The van der Waals surface area contributed by atoms with Crippen molar-refractivity contribution in [2.75, 3.05) is 23.7 Å². The summed E-state index contributed by atoms with van der Waals surface area (Å²) in [6, 6.07) is 6.99. The lowest BCUT2D eigenvalue weighted by molar-refractivity contribution is 0.589. The van der Waals surface area contributed by atoms with Crippen molar-refractivity contribution >= 4 is 11.8 Å². The van der Waals surface area contributed by atoms with Crippen LogP contribution in [0.25, 0.3) is 0 Å². The quantitative estimate of drug-likeness (QED) is 0.912. The zero-order valence-electron chi connectivity index (χ0n) is 11.4. The van der Waals surface area contributed by atoms with Gasteiger partial charge in [-0.25, -0.2) is 9.37 Å². The van der Waals surface area contributed by atoms with E-state index in [0.717, 1.165) is 36.5 Å². The average Bonchev–Trinajstić information content (AvgIpc) is 2.91. The summed E-state index contributed by atoms with van der Waals surface area (Å²) in [6.07, 6.45) is 2.65. The van der Waals surface area contributed by atoms with Gasteiger partial charge in [0.2, 0.25) is 5.95 Å². The molecule has 5 heteroatoms. The Morgan fingerprint density at radius 3 is 2.95 bits per heavy atom. The molecule has 20 heavy (non-hydrogen) atoms. The normalized spacial score (nSPS) is 18.5. The number of halogens is 1. The molecule has 3 rings (SSSR count). The predicted octanol–water partition coefficient (Wildman–Crippen LogP) is 2.50. The molecule has 0 bridgehead atoms. The summed E-state index contributed by atoms with van der Waals surface area (Å²) in [7, 11) is 0. The number of aromatic nitrogens is 2. The van der Waals surface area contributed by atoms with Crippen molar-refractivity contribution in [1.29, 1.82) is 0 Å². The van der Waals surface area contributed by atoms with Crippen LogP contribution in [0.5, 0.6) is 0 Å². The molecule has 1 aromatic carbocycles. The Kier molecular flexibility index (Phi) is 3.26. The fourth-order valence-corrected chi connectivity index (χ4v) is 2.78. The van der Waals surface area contributed by atoms with Crippen molar-refractivity contribution in [3.8, 4) is 0 Å². The summed E-state index contributed by atoms with van der Waals surface area (Å²) in [5.41, 5.74) is 7.44. The predicted molar refractivity (Wildman–Crippen MR) is 77.2 cm³/mol. The molecule has 1 atom stereocenters. The minimum atomic E-state index is -0.127. The number of nitrogens with zero attached hydrogens (tertiary/aromatic N) is 3. The van der Waals surface area contributed by atoms with Crippen LogP contribution in [-0.2, 0) is 0 Å². The zero-order valence-corrected chi connectivity index (χ0v) is 11.4. The molecule has 2 N–H and O–H groups in total. The number of aryl methyl sites for hydroxylation is 1. The highest BCUT2D eigenvalue weighted by atomic mass is 19.1. The van der Waals surface area contributed by atoms with E-state index in [9.17, 15) is 4.39 Å². The molecule has 104 valence electrons. The van der Waals surface area contributed by atoms with Crippen LogP contribution in [-0.4, -0.2) is 23.1 Å². The van der Waals surface area contributed by atoms with Gasteiger partial charge in [0.15, 0.2) is 0 Å². The first-order valence-corrected chi connectivity index (χ1v) is 6.73. The molecule has 1 aromatic heterocycles. The number of benzene rings is 1. The highest BCUT2D eigenvalue weighted by molar-refractivity contribution is 5.49. The number of rotatable bonds is 2. The van der Waals surface area contributed by atoms with Gasteiger partial charge < -0.3 is 10.6 Å². The van der Waals surface area contributed by atoms with Crippen molar-refractivity contribution in [1.82, 2.24) is 9.97 Å². The minimum absolute atomic E-state index is 0.127. The van der Waals surface area contributed by atoms with E-state index in [2.05, 4.69) is 14.9 Å². The molecule has 0 aliphatic carbocycles. The first-order valence-electron chi connectivity index (χ1n) is 6.73. The second-order valence-electron chi connectivity index (χ2n) is 5.19. The van der Waals surface area contributed by atoms with Crippen molar-refractivity contribution in [2.45, 2.75) is 19.3 Å². The molecule has 1 fully saturated rings. The largest absolute Gasteiger partial charge is 0.368 e. The van der Waals surface area contributed by atoms with Gasteiger partial charge in [0.25, 0.3) is 0 Å². The van der Waals surface area contributed by atoms with Gasteiger partial charge in [-0.05, 0) is 25.0 Å². The van der Waals surface area contributed by atoms with E-state index >= 15 is 0 Å². The fourth-order valence-electron chi connectivity index (χ4n) is 2.78. The Hall–Kier alpha value is -2.17. The highest BCUT2D eigenvalue weighted by Crippen LogP contribution is 2.32. The SMILES string of the molecule is Cc1cnc(N)nc1N1CC[C@H](c2ccccc2F)C1. The van der Waals surface area contributed by atoms with E-state index < -0.39 is 0 Å². The summed E-state index contributed by atoms with van der Waals surface area (Å²) in [6.45, 7) is 3.58. The van der Waals surface area contributed by atoms with Crippen molar-refractivity contribution < 1.29 is 4.39 Å². The Labute approximate surface area is 117 Å². The third kappa shape index (κ3) is 2.31. The molecule has 2 aromatic rings. The van der Waals surface area contributed by atoms with E-state index in [-0.39, 0.29) is 17.7 Å². The summed E-state index contributed by atoms with van der Waals surface area (Å²) in [4.78, 5) is 10.4. The van der Waals surface area contributed by atoms with Crippen LogP contribution in [0.3, 0.4) is 0 Å². The number of anilines is 2. The van der Waals surface area contributed by atoms with E-state index in [1.807, 2.05) is 19.1 Å². The molecule has 1 saturated heterocycles. The average molecular weight is 272 g/mol. The van der Waals surface area contributed by atoms with Gasteiger partial charge in [0.1, 0.15) is 11.6 Å². The zero-order chi connectivity index (χ0) is 14.1. The Bertz CT molecular complexity index is 629. The molecular formula is C15H17FN4. The van der Waals surface area contributed by atoms with Crippen molar-refractivity contribution in [3.63, 3.8) is 0 Å². The van der Waals surface area contributed by atoms with Gasteiger partial charge in [-0.15, -0.1) is 0 Å². The van der Waals surface area contributed by atoms with Gasteiger partial charge >= 0.3 is 0 Å². The van der Waals surface area contributed by atoms with Gasteiger partial charge in [-0.3, -0.25) is 0 Å². The maximum absolute atomic E-state index is 13.9.